The lowest BCUT2D eigenvalue weighted by atomic mass is 10.3. The van der Waals surface area contributed by atoms with Crippen molar-refractivity contribution >= 4 is 17.8 Å². The number of aryl methyl sites for hydroxylation is 1. The van der Waals surface area contributed by atoms with Crippen molar-refractivity contribution in [1.82, 2.24) is 5.16 Å². The van der Waals surface area contributed by atoms with Crippen molar-refractivity contribution in [1.29, 1.82) is 0 Å². The van der Waals surface area contributed by atoms with Crippen molar-refractivity contribution in [3.8, 4) is 0 Å². The van der Waals surface area contributed by atoms with E-state index in [1.54, 1.807) is 36.6 Å². The molecule has 2 rings (SSSR count). The molecule has 0 aliphatic heterocycles. The highest BCUT2D eigenvalue weighted by Crippen LogP contribution is 2.23. The molecule has 0 saturated carbocycles. The van der Waals surface area contributed by atoms with Gasteiger partial charge in [0.1, 0.15) is 5.76 Å². The van der Waals surface area contributed by atoms with Crippen LogP contribution < -0.4 is 0 Å². The van der Waals surface area contributed by atoms with Gasteiger partial charge in [-0.3, -0.25) is 10.1 Å². The Morgan fingerprint density at radius 3 is 2.83 bits per heavy atom. The van der Waals surface area contributed by atoms with Gasteiger partial charge < -0.3 is 8.94 Å². The van der Waals surface area contributed by atoms with Gasteiger partial charge in [-0.25, -0.2) is 0 Å². The minimum Gasteiger partial charge on any atom is -0.465 e. The van der Waals surface area contributed by atoms with E-state index in [2.05, 4.69) is 5.16 Å². The number of hydrogen-bond donors (Lipinski definition) is 0. The Balaban J connectivity index is 2.12. The number of nitro groups is 1. The largest absolute Gasteiger partial charge is 0.465 e. The first-order chi connectivity index (χ1) is 8.68. The van der Waals surface area contributed by atoms with E-state index < -0.39 is 4.92 Å². The van der Waals surface area contributed by atoms with E-state index in [0.29, 0.717) is 5.76 Å². The molecule has 0 atom stereocenters. The normalized spacial score (nSPS) is 11.6. The molecule has 0 aromatic carbocycles. The van der Waals surface area contributed by atoms with Crippen LogP contribution in [0.5, 0.6) is 0 Å². The molecule has 0 bridgehead atoms. The van der Waals surface area contributed by atoms with Crippen LogP contribution in [0.1, 0.15) is 17.2 Å². The summed E-state index contributed by atoms with van der Waals surface area (Å²) < 4.78 is 9.95. The van der Waals surface area contributed by atoms with Crippen molar-refractivity contribution in [2.24, 2.45) is 0 Å². The molecule has 0 aliphatic rings. The van der Waals surface area contributed by atoms with E-state index in [0.717, 1.165) is 0 Å². The van der Waals surface area contributed by atoms with Gasteiger partial charge in [0.05, 0.1) is 11.2 Å². The molecule has 0 N–H and O–H groups in total. The minimum atomic E-state index is -0.512. The van der Waals surface area contributed by atoms with Crippen LogP contribution in [0.25, 0.3) is 12.2 Å². The van der Waals surface area contributed by atoms with E-state index in [-0.39, 0.29) is 17.1 Å². The van der Waals surface area contributed by atoms with Gasteiger partial charge in [-0.15, -0.1) is 0 Å². The first-order valence-corrected chi connectivity index (χ1v) is 5.17. The number of furan rings is 1. The Morgan fingerprint density at radius 2 is 2.17 bits per heavy atom. The third kappa shape index (κ3) is 2.54. The standard InChI is InChI=1S/C12H10N2O4/c1-9-12(14(15)16)11(18-13-9)7-3-2-5-10-6-4-8-17-10/h2-8H,1H3/b5-2+,7-3+. The summed E-state index contributed by atoms with van der Waals surface area (Å²) in [6.45, 7) is 1.53. The second-order valence-electron chi connectivity index (χ2n) is 3.47. The van der Waals surface area contributed by atoms with Gasteiger partial charge >= 0.3 is 5.69 Å². The van der Waals surface area contributed by atoms with Gasteiger partial charge in [0, 0.05) is 0 Å². The molecule has 92 valence electrons. The molecule has 6 heteroatoms. The quantitative estimate of drug-likeness (QED) is 0.470. The Bertz CT molecular complexity index is 594. The minimum absolute atomic E-state index is 0.113. The number of allylic oxidation sites excluding steroid dienone is 2. The highest BCUT2D eigenvalue weighted by atomic mass is 16.6. The smallest absolute Gasteiger partial charge is 0.338 e. The van der Waals surface area contributed by atoms with Crippen molar-refractivity contribution in [2.45, 2.75) is 6.92 Å². The highest BCUT2D eigenvalue weighted by molar-refractivity contribution is 5.59. The summed E-state index contributed by atoms with van der Waals surface area (Å²) in [6, 6.07) is 3.57. The fourth-order valence-electron chi connectivity index (χ4n) is 1.39. The number of rotatable bonds is 4. The fraction of sp³-hybridized carbons (Fsp3) is 0.0833. The lowest BCUT2D eigenvalue weighted by Crippen LogP contribution is -1.89. The average Bonchev–Trinajstić information content (AvgIpc) is 2.94. The van der Waals surface area contributed by atoms with E-state index in [9.17, 15) is 10.1 Å². The SMILES string of the molecule is Cc1noc(/C=C/C=C/c2ccco2)c1[N+](=O)[O-]. The summed E-state index contributed by atoms with van der Waals surface area (Å²) in [6.07, 6.45) is 8.09. The molecular weight excluding hydrogens is 236 g/mol. The summed E-state index contributed by atoms with van der Waals surface area (Å²) in [5.74, 6) is 0.824. The lowest BCUT2D eigenvalue weighted by molar-refractivity contribution is -0.386. The maximum absolute atomic E-state index is 10.8. The molecule has 0 spiro atoms. The number of hydrogen-bond acceptors (Lipinski definition) is 5. The van der Waals surface area contributed by atoms with Gasteiger partial charge in [0.25, 0.3) is 0 Å². The Labute approximate surface area is 102 Å². The zero-order valence-corrected chi connectivity index (χ0v) is 9.57. The molecular formula is C12H10N2O4. The maximum atomic E-state index is 10.8. The van der Waals surface area contributed by atoms with Crippen molar-refractivity contribution in [3.63, 3.8) is 0 Å². The highest BCUT2D eigenvalue weighted by Gasteiger charge is 2.21. The predicted octanol–water partition coefficient (Wildman–Crippen LogP) is 3.21. The Morgan fingerprint density at radius 1 is 1.39 bits per heavy atom. The summed E-state index contributed by atoms with van der Waals surface area (Å²) in [7, 11) is 0. The zero-order chi connectivity index (χ0) is 13.0. The summed E-state index contributed by atoms with van der Waals surface area (Å²) in [5.41, 5.74) is 0.146. The molecule has 0 aliphatic carbocycles. The first kappa shape index (κ1) is 11.8. The van der Waals surface area contributed by atoms with Gasteiger partial charge in [0.15, 0.2) is 5.69 Å². The topological polar surface area (TPSA) is 82.3 Å². The predicted molar refractivity (Wildman–Crippen MR) is 64.7 cm³/mol. The van der Waals surface area contributed by atoms with Crippen LogP contribution in [0.3, 0.4) is 0 Å². The van der Waals surface area contributed by atoms with Crippen molar-refractivity contribution < 1.29 is 13.9 Å². The van der Waals surface area contributed by atoms with Crippen molar-refractivity contribution in [2.75, 3.05) is 0 Å². The molecule has 0 unspecified atom stereocenters. The van der Waals surface area contributed by atoms with E-state index in [1.807, 2.05) is 0 Å². The van der Waals surface area contributed by atoms with Crippen LogP contribution in [-0.4, -0.2) is 10.1 Å². The molecule has 0 radical (unpaired) electrons. The summed E-state index contributed by atoms with van der Waals surface area (Å²) >= 11 is 0. The van der Waals surface area contributed by atoms with Crippen LogP contribution in [0.4, 0.5) is 5.69 Å². The molecule has 2 aromatic heterocycles. The molecule has 0 amide bonds. The van der Waals surface area contributed by atoms with Gasteiger partial charge in [-0.2, -0.15) is 0 Å². The molecule has 2 aromatic rings. The molecule has 18 heavy (non-hydrogen) atoms. The van der Waals surface area contributed by atoms with Crippen LogP contribution in [0.15, 0.2) is 39.5 Å². The monoisotopic (exact) mass is 246 g/mol. The Hall–Kier alpha value is -2.63. The molecule has 0 saturated heterocycles. The van der Waals surface area contributed by atoms with Crippen LogP contribution >= 0.6 is 0 Å². The lowest BCUT2D eigenvalue weighted by Gasteiger charge is -1.86. The fourth-order valence-corrected chi connectivity index (χ4v) is 1.39. The average molecular weight is 246 g/mol. The third-order valence-corrected chi connectivity index (χ3v) is 2.20. The second-order valence-corrected chi connectivity index (χ2v) is 3.47. The molecule has 2 heterocycles. The van der Waals surface area contributed by atoms with E-state index in [1.165, 1.54) is 13.0 Å². The number of aromatic nitrogens is 1. The van der Waals surface area contributed by atoms with E-state index >= 15 is 0 Å². The van der Waals surface area contributed by atoms with Crippen LogP contribution in [-0.2, 0) is 0 Å². The van der Waals surface area contributed by atoms with E-state index in [4.69, 9.17) is 8.94 Å². The van der Waals surface area contributed by atoms with Gasteiger partial charge in [0.2, 0.25) is 5.76 Å². The van der Waals surface area contributed by atoms with Gasteiger partial charge in [-0.1, -0.05) is 17.3 Å². The zero-order valence-electron chi connectivity index (χ0n) is 9.57. The summed E-state index contributed by atoms with van der Waals surface area (Å²) in [5, 5.41) is 14.3. The number of nitrogens with zero attached hydrogens (tertiary/aromatic N) is 2. The third-order valence-electron chi connectivity index (χ3n) is 2.20. The van der Waals surface area contributed by atoms with Crippen molar-refractivity contribution in [3.05, 3.63) is 57.9 Å². The second kappa shape index (κ2) is 5.13. The summed E-state index contributed by atoms with van der Waals surface area (Å²) in [4.78, 5) is 10.2. The Kier molecular flexibility index (Phi) is 3.38. The van der Waals surface area contributed by atoms with Crippen LogP contribution in [0.2, 0.25) is 0 Å². The molecule has 0 fully saturated rings. The molecule has 6 nitrogen and oxygen atoms in total. The first-order valence-electron chi connectivity index (χ1n) is 5.17. The maximum Gasteiger partial charge on any atom is 0.338 e. The van der Waals surface area contributed by atoms with Gasteiger partial charge in [-0.05, 0) is 31.2 Å². The van der Waals surface area contributed by atoms with Crippen LogP contribution in [0, 0.1) is 17.0 Å².